The third-order valence-electron chi connectivity index (χ3n) is 2.17. The van der Waals surface area contributed by atoms with Crippen LogP contribution in [0, 0.1) is 11.6 Å². The van der Waals surface area contributed by atoms with Gasteiger partial charge in [0.1, 0.15) is 0 Å². The third-order valence-corrected chi connectivity index (χ3v) is 2.50. The highest BCUT2D eigenvalue weighted by molar-refractivity contribution is 6.31. The molecule has 0 bridgehead atoms. The lowest BCUT2D eigenvalue weighted by atomic mass is 9.97. The Bertz CT molecular complexity index is 328. The molecule has 14 heavy (non-hydrogen) atoms. The van der Waals surface area contributed by atoms with Crippen LogP contribution in [-0.4, -0.2) is 6.54 Å². The van der Waals surface area contributed by atoms with Crippen LogP contribution in [0.25, 0.3) is 0 Å². The van der Waals surface area contributed by atoms with Crippen molar-refractivity contribution in [2.45, 2.75) is 19.3 Å². The van der Waals surface area contributed by atoms with E-state index in [9.17, 15) is 8.78 Å². The fraction of sp³-hybridized carbons (Fsp3) is 0.400. The maximum absolute atomic E-state index is 12.9. The van der Waals surface area contributed by atoms with Gasteiger partial charge in [0.05, 0.1) is 0 Å². The topological polar surface area (TPSA) is 26.0 Å². The Balaban J connectivity index is 3.02. The summed E-state index contributed by atoms with van der Waals surface area (Å²) in [7, 11) is 0. The first-order valence-electron chi connectivity index (χ1n) is 4.40. The zero-order chi connectivity index (χ0) is 10.7. The molecule has 1 nitrogen and oxygen atoms in total. The van der Waals surface area contributed by atoms with E-state index in [1.165, 1.54) is 0 Å². The van der Waals surface area contributed by atoms with E-state index in [-0.39, 0.29) is 10.9 Å². The Morgan fingerprint density at radius 3 is 2.50 bits per heavy atom. The molecule has 2 N–H and O–H groups in total. The molecule has 1 rings (SSSR count). The molecule has 1 unspecified atom stereocenters. The van der Waals surface area contributed by atoms with Gasteiger partial charge in [-0.15, -0.1) is 0 Å². The molecule has 0 spiro atoms. The normalized spacial score (nSPS) is 12.9. The summed E-state index contributed by atoms with van der Waals surface area (Å²) < 4.78 is 25.6. The summed E-state index contributed by atoms with van der Waals surface area (Å²) in [4.78, 5) is 0. The van der Waals surface area contributed by atoms with Crippen LogP contribution >= 0.6 is 11.6 Å². The SMILES string of the molecule is CC(CCN)c1cc(F)c(F)cc1Cl. The van der Waals surface area contributed by atoms with E-state index in [0.717, 1.165) is 12.1 Å². The van der Waals surface area contributed by atoms with E-state index in [2.05, 4.69) is 0 Å². The third kappa shape index (κ3) is 2.42. The highest BCUT2D eigenvalue weighted by atomic mass is 35.5. The van der Waals surface area contributed by atoms with Crippen LogP contribution in [0.1, 0.15) is 24.8 Å². The molecular weight excluding hydrogens is 208 g/mol. The van der Waals surface area contributed by atoms with Crippen molar-refractivity contribution in [2.75, 3.05) is 6.54 Å². The summed E-state index contributed by atoms with van der Waals surface area (Å²) in [6, 6.07) is 2.14. The van der Waals surface area contributed by atoms with Crippen molar-refractivity contribution in [3.63, 3.8) is 0 Å². The van der Waals surface area contributed by atoms with Crippen LogP contribution in [0.3, 0.4) is 0 Å². The van der Waals surface area contributed by atoms with Crippen LogP contribution in [0.15, 0.2) is 12.1 Å². The van der Waals surface area contributed by atoms with Crippen molar-refractivity contribution in [3.8, 4) is 0 Å². The number of hydrogen-bond acceptors (Lipinski definition) is 1. The van der Waals surface area contributed by atoms with E-state index in [4.69, 9.17) is 17.3 Å². The smallest absolute Gasteiger partial charge is 0.160 e. The summed E-state index contributed by atoms with van der Waals surface area (Å²) >= 11 is 5.78. The summed E-state index contributed by atoms with van der Waals surface area (Å²) in [5.41, 5.74) is 5.98. The highest BCUT2D eigenvalue weighted by Gasteiger charge is 2.13. The van der Waals surface area contributed by atoms with E-state index in [1.54, 1.807) is 0 Å². The lowest BCUT2D eigenvalue weighted by Gasteiger charge is -2.12. The number of rotatable bonds is 3. The van der Waals surface area contributed by atoms with Gasteiger partial charge >= 0.3 is 0 Å². The quantitative estimate of drug-likeness (QED) is 0.777. The molecule has 0 amide bonds. The summed E-state index contributed by atoms with van der Waals surface area (Å²) in [6.45, 7) is 2.38. The standard InChI is InChI=1S/C10H12ClF2N/c1-6(2-3-14)7-4-9(12)10(13)5-8(7)11/h4-6H,2-3,14H2,1H3. The first-order valence-corrected chi connectivity index (χ1v) is 4.78. The van der Waals surface area contributed by atoms with Gasteiger partial charge in [-0.05, 0) is 36.6 Å². The van der Waals surface area contributed by atoms with E-state index >= 15 is 0 Å². The number of benzene rings is 1. The van der Waals surface area contributed by atoms with Crippen LogP contribution < -0.4 is 5.73 Å². The van der Waals surface area contributed by atoms with Gasteiger partial charge in [-0.1, -0.05) is 18.5 Å². The molecule has 78 valence electrons. The van der Waals surface area contributed by atoms with Crippen LogP contribution in [0.4, 0.5) is 8.78 Å². The minimum absolute atomic E-state index is 0.0441. The molecule has 1 aromatic rings. The minimum atomic E-state index is -0.918. The molecule has 1 atom stereocenters. The van der Waals surface area contributed by atoms with Crippen molar-refractivity contribution < 1.29 is 8.78 Å². The van der Waals surface area contributed by atoms with Gasteiger partial charge in [0.25, 0.3) is 0 Å². The molecule has 0 aromatic heterocycles. The monoisotopic (exact) mass is 219 g/mol. The number of nitrogens with two attached hydrogens (primary N) is 1. The Morgan fingerprint density at radius 2 is 1.93 bits per heavy atom. The molecular formula is C10H12ClF2N. The lowest BCUT2D eigenvalue weighted by molar-refractivity contribution is 0.505. The van der Waals surface area contributed by atoms with Crippen molar-refractivity contribution >= 4 is 11.6 Å². The van der Waals surface area contributed by atoms with Crippen molar-refractivity contribution in [3.05, 3.63) is 34.4 Å². The van der Waals surface area contributed by atoms with Crippen LogP contribution in [-0.2, 0) is 0 Å². The Morgan fingerprint density at radius 1 is 1.36 bits per heavy atom. The van der Waals surface area contributed by atoms with Crippen LogP contribution in [0.2, 0.25) is 5.02 Å². The number of hydrogen-bond donors (Lipinski definition) is 1. The maximum Gasteiger partial charge on any atom is 0.160 e. The fourth-order valence-corrected chi connectivity index (χ4v) is 1.66. The van der Waals surface area contributed by atoms with Gasteiger partial charge < -0.3 is 5.73 Å². The second kappa shape index (κ2) is 4.71. The predicted octanol–water partition coefficient (Wildman–Crippen LogP) is 3.07. The molecule has 0 fully saturated rings. The number of halogens is 3. The average Bonchev–Trinajstić information content (AvgIpc) is 2.11. The second-order valence-electron chi connectivity index (χ2n) is 3.27. The lowest BCUT2D eigenvalue weighted by Crippen LogP contribution is -2.05. The molecule has 0 heterocycles. The predicted molar refractivity (Wildman–Crippen MR) is 53.5 cm³/mol. The van der Waals surface area contributed by atoms with Crippen LogP contribution in [0.5, 0.6) is 0 Å². The Kier molecular flexibility index (Phi) is 3.84. The van der Waals surface area contributed by atoms with Gasteiger partial charge in [-0.25, -0.2) is 8.78 Å². The van der Waals surface area contributed by atoms with Gasteiger partial charge in [0.2, 0.25) is 0 Å². The zero-order valence-corrected chi connectivity index (χ0v) is 8.61. The van der Waals surface area contributed by atoms with Gasteiger partial charge in [-0.3, -0.25) is 0 Å². The Labute approximate surface area is 86.9 Å². The molecule has 0 saturated carbocycles. The largest absolute Gasteiger partial charge is 0.330 e. The summed E-state index contributed by atoms with van der Waals surface area (Å²) in [6.07, 6.45) is 0.699. The van der Waals surface area contributed by atoms with E-state index in [1.807, 2.05) is 6.92 Å². The highest BCUT2D eigenvalue weighted by Crippen LogP contribution is 2.28. The minimum Gasteiger partial charge on any atom is -0.330 e. The van der Waals surface area contributed by atoms with Crippen molar-refractivity contribution in [1.82, 2.24) is 0 Å². The first-order chi connectivity index (χ1) is 6.56. The maximum atomic E-state index is 12.9. The molecule has 0 aliphatic carbocycles. The molecule has 0 aliphatic rings. The summed E-state index contributed by atoms with van der Waals surface area (Å²) in [5, 5.41) is 0.254. The van der Waals surface area contributed by atoms with E-state index < -0.39 is 11.6 Å². The van der Waals surface area contributed by atoms with Gasteiger partial charge in [0.15, 0.2) is 11.6 Å². The molecule has 0 radical (unpaired) electrons. The summed E-state index contributed by atoms with van der Waals surface area (Å²) in [5.74, 6) is -1.74. The molecule has 1 aromatic carbocycles. The van der Waals surface area contributed by atoms with Crippen molar-refractivity contribution in [1.29, 1.82) is 0 Å². The average molecular weight is 220 g/mol. The first kappa shape index (κ1) is 11.4. The molecule has 4 heteroatoms. The second-order valence-corrected chi connectivity index (χ2v) is 3.67. The van der Waals surface area contributed by atoms with Gasteiger partial charge in [-0.2, -0.15) is 0 Å². The fourth-order valence-electron chi connectivity index (χ4n) is 1.32. The van der Waals surface area contributed by atoms with E-state index in [0.29, 0.717) is 18.5 Å². The Hall–Kier alpha value is -0.670. The molecule has 0 saturated heterocycles. The molecule has 0 aliphatic heterocycles. The zero-order valence-electron chi connectivity index (χ0n) is 7.86. The van der Waals surface area contributed by atoms with Crippen molar-refractivity contribution in [2.24, 2.45) is 5.73 Å². The van der Waals surface area contributed by atoms with Gasteiger partial charge in [0, 0.05) is 5.02 Å².